The number of rotatable bonds is 7. The van der Waals surface area contributed by atoms with Crippen LogP contribution in [-0.4, -0.2) is 16.5 Å². The largest absolute Gasteiger partial charge is 1.00 e. The Hall–Kier alpha value is 1.08. The van der Waals surface area contributed by atoms with Crippen LogP contribution in [0.15, 0.2) is 29.4 Å². The molecule has 0 bridgehead atoms. The van der Waals surface area contributed by atoms with Crippen molar-refractivity contribution < 1.29 is 44.2 Å². The van der Waals surface area contributed by atoms with Gasteiger partial charge in [-0.1, -0.05) is 16.9 Å². The van der Waals surface area contributed by atoms with Crippen molar-refractivity contribution >= 4 is 33.6 Å². The number of hydrogen-bond acceptors (Lipinski definition) is 7. The summed E-state index contributed by atoms with van der Waals surface area (Å²) < 4.78 is 4.11. The van der Waals surface area contributed by atoms with Gasteiger partial charge in [0.25, 0.3) is 0 Å². The van der Waals surface area contributed by atoms with Crippen LogP contribution in [0.3, 0.4) is 0 Å². The topological polar surface area (TPSA) is 54.4 Å². The number of hydrogen-bond donors (Lipinski definition) is 0. The second-order valence-corrected chi connectivity index (χ2v) is 5.25. The summed E-state index contributed by atoms with van der Waals surface area (Å²) in [6, 6.07) is 5.77. The van der Waals surface area contributed by atoms with Gasteiger partial charge in [0.2, 0.25) is 0 Å². The van der Waals surface area contributed by atoms with E-state index >= 15 is 0 Å². The first kappa shape index (κ1) is 16.1. The van der Waals surface area contributed by atoms with E-state index in [9.17, 15) is 5.26 Å². The molecule has 0 radical (unpaired) electrons. The molecule has 8 heteroatoms. The van der Waals surface area contributed by atoms with E-state index in [2.05, 4.69) is 14.4 Å². The zero-order chi connectivity index (χ0) is 10.1. The van der Waals surface area contributed by atoms with Crippen LogP contribution in [-0.2, 0) is 9.37 Å². The summed E-state index contributed by atoms with van der Waals surface area (Å²) in [5.41, 5.74) is 0. The van der Waals surface area contributed by atoms with Crippen molar-refractivity contribution in [1.82, 2.24) is 4.98 Å². The minimum atomic E-state index is 0. The van der Waals surface area contributed by atoms with Gasteiger partial charge in [-0.2, -0.15) is 4.33 Å². The first-order chi connectivity index (χ1) is 6.93. The Morgan fingerprint density at radius 3 is 2.87 bits per heavy atom. The molecular weight excluding hydrogens is 265 g/mol. The van der Waals surface area contributed by atoms with Crippen molar-refractivity contribution in [3.63, 3.8) is 0 Å². The van der Waals surface area contributed by atoms with Crippen molar-refractivity contribution in [2.75, 3.05) is 11.5 Å². The van der Waals surface area contributed by atoms with E-state index in [1.165, 1.54) is 0 Å². The van der Waals surface area contributed by atoms with E-state index in [0.717, 1.165) is 22.8 Å². The fraction of sp³-hybridized carbons (Fsp3) is 0.286. The Morgan fingerprint density at radius 1 is 1.33 bits per heavy atom. The molecule has 0 aliphatic carbocycles. The summed E-state index contributed by atoms with van der Waals surface area (Å²) in [5, 5.41) is 13.6. The molecule has 1 aromatic heterocycles. The quantitative estimate of drug-likeness (QED) is 0.153. The molecule has 0 N–H and O–H groups in total. The van der Waals surface area contributed by atoms with Crippen molar-refractivity contribution in [2.24, 2.45) is 0 Å². The minimum absolute atomic E-state index is 0. The van der Waals surface area contributed by atoms with E-state index in [-0.39, 0.29) is 29.6 Å². The molecule has 0 aliphatic rings. The monoisotopic (exact) mass is 273 g/mol. The van der Waals surface area contributed by atoms with Gasteiger partial charge in [-0.3, -0.25) is 5.04 Å². The van der Waals surface area contributed by atoms with E-state index in [1.807, 2.05) is 18.2 Å². The fourth-order valence-corrected chi connectivity index (χ4v) is 3.23. The van der Waals surface area contributed by atoms with Crippen LogP contribution in [0, 0.1) is 0 Å². The predicted octanol–water partition coefficient (Wildman–Crippen LogP) is -1.30. The van der Waals surface area contributed by atoms with Crippen molar-refractivity contribution in [2.45, 2.75) is 5.03 Å². The van der Waals surface area contributed by atoms with Crippen molar-refractivity contribution in [3.8, 4) is 0 Å². The third-order valence-electron chi connectivity index (χ3n) is 1.11. The van der Waals surface area contributed by atoms with Crippen LogP contribution in [0.4, 0.5) is 0 Å². The molecule has 0 atom stereocenters. The summed E-state index contributed by atoms with van der Waals surface area (Å²) >= 11 is 0.999. The average molecular weight is 273 g/mol. The Morgan fingerprint density at radius 2 is 2.20 bits per heavy atom. The Balaban J connectivity index is 0.00000196. The Labute approximate surface area is 123 Å². The normalized spacial score (nSPS) is 9.67. The van der Waals surface area contributed by atoms with E-state index in [0.29, 0.717) is 5.75 Å². The maximum Gasteiger partial charge on any atom is 1.00 e. The van der Waals surface area contributed by atoms with Gasteiger partial charge in [0.05, 0.1) is 0 Å². The van der Waals surface area contributed by atoms with Crippen LogP contribution in [0.1, 0.15) is 0 Å². The minimum Gasteiger partial charge on any atom is -0.691 e. The molecule has 0 aliphatic heterocycles. The number of nitrogens with zero attached hydrogens (tertiary/aromatic N) is 1. The zero-order valence-electron chi connectivity index (χ0n) is 8.12. The molecule has 0 saturated carbocycles. The van der Waals surface area contributed by atoms with Gasteiger partial charge in [0, 0.05) is 29.7 Å². The molecule has 0 aromatic carbocycles. The summed E-state index contributed by atoms with van der Waals surface area (Å²) in [6.07, 6.45) is 1.76. The molecular formula is C7H8NNaO3S3. The maximum absolute atomic E-state index is 9.42. The number of pyridine rings is 1. The molecule has 1 rings (SSSR count). The van der Waals surface area contributed by atoms with Crippen LogP contribution in [0.2, 0.25) is 0 Å². The first-order valence-corrected chi connectivity index (χ1v) is 6.95. The Kier molecular flexibility index (Phi) is 12.4. The fourth-order valence-electron chi connectivity index (χ4n) is 0.620. The first-order valence-electron chi connectivity index (χ1n) is 3.72. The van der Waals surface area contributed by atoms with Crippen molar-refractivity contribution in [1.29, 1.82) is 0 Å². The molecule has 1 heterocycles. The van der Waals surface area contributed by atoms with Gasteiger partial charge < -0.3 is 5.26 Å². The molecule has 78 valence electrons. The molecule has 0 amide bonds. The molecule has 4 nitrogen and oxygen atoms in total. The SMILES string of the molecule is [Na+].[O-]OOSCCSSc1ccccn1. The molecule has 15 heavy (non-hydrogen) atoms. The maximum atomic E-state index is 9.42. The average Bonchev–Trinajstić information content (AvgIpc) is 2.25. The molecule has 1 aromatic rings. The Bertz CT molecular complexity index is 242. The number of aromatic nitrogens is 1. The second kappa shape index (κ2) is 11.6. The van der Waals surface area contributed by atoms with Gasteiger partial charge in [-0.15, -0.1) is 0 Å². The van der Waals surface area contributed by atoms with Crippen LogP contribution in [0.25, 0.3) is 0 Å². The molecule has 0 fully saturated rings. The van der Waals surface area contributed by atoms with Gasteiger partial charge in [0.15, 0.2) is 0 Å². The summed E-state index contributed by atoms with van der Waals surface area (Å²) in [6.45, 7) is 0. The third kappa shape index (κ3) is 8.84. The molecule has 0 saturated heterocycles. The molecule has 0 unspecified atom stereocenters. The third-order valence-corrected chi connectivity index (χ3v) is 4.16. The van der Waals surface area contributed by atoms with E-state index in [1.54, 1.807) is 27.8 Å². The summed E-state index contributed by atoms with van der Waals surface area (Å²) in [5.74, 6) is 1.56. The summed E-state index contributed by atoms with van der Waals surface area (Å²) in [7, 11) is 3.25. The van der Waals surface area contributed by atoms with Crippen LogP contribution >= 0.6 is 33.6 Å². The summed E-state index contributed by atoms with van der Waals surface area (Å²) in [4.78, 5) is 4.14. The van der Waals surface area contributed by atoms with Gasteiger partial charge in [0.1, 0.15) is 5.03 Å². The van der Waals surface area contributed by atoms with Crippen LogP contribution in [0.5, 0.6) is 0 Å². The van der Waals surface area contributed by atoms with Gasteiger partial charge in [-0.25, -0.2) is 4.98 Å². The molecule has 0 spiro atoms. The smallest absolute Gasteiger partial charge is 0.691 e. The van der Waals surface area contributed by atoms with Gasteiger partial charge in [-0.05, 0) is 22.9 Å². The van der Waals surface area contributed by atoms with Gasteiger partial charge >= 0.3 is 29.6 Å². The van der Waals surface area contributed by atoms with E-state index in [4.69, 9.17) is 0 Å². The predicted molar refractivity (Wildman–Crippen MR) is 57.2 cm³/mol. The second-order valence-electron chi connectivity index (χ2n) is 2.03. The standard InChI is InChI=1S/C7H9NO3S3.Na/c9-10-11-12-5-6-13-14-7-3-1-2-4-8-7;/h1-4,9H,5-6H2;/q;+1/p-1. The van der Waals surface area contributed by atoms with Crippen LogP contribution < -0.4 is 34.8 Å². The zero-order valence-corrected chi connectivity index (χ0v) is 12.6. The van der Waals surface area contributed by atoms with Crippen molar-refractivity contribution in [3.05, 3.63) is 24.4 Å². The van der Waals surface area contributed by atoms with E-state index < -0.39 is 0 Å².